The van der Waals surface area contributed by atoms with Crippen molar-refractivity contribution in [3.8, 4) is 0 Å². The second kappa shape index (κ2) is 8.54. The molecular weight excluding hydrogens is 296 g/mol. The molecule has 0 aromatic rings. The first-order valence-electron chi connectivity index (χ1n) is 9.23. The van der Waals surface area contributed by atoms with Crippen LogP contribution in [0.2, 0.25) is 0 Å². The Hall–Kier alpha value is -0.280. The van der Waals surface area contributed by atoms with Crippen LogP contribution in [0.25, 0.3) is 0 Å². The maximum Gasteiger partial charge on any atom is 0.225 e. The maximum absolute atomic E-state index is 12.9. The summed E-state index contributed by atoms with van der Waals surface area (Å²) in [7, 11) is 2.06. The molecule has 1 heterocycles. The molecule has 0 bridgehead atoms. The van der Waals surface area contributed by atoms with Gasteiger partial charge in [0, 0.05) is 19.0 Å². The summed E-state index contributed by atoms with van der Waals surface area (Å²) < 4.78 is 0. The van der Waals surface area contributed by atoms with Gasteiger partial charge in [0.25, 0.3) is 0 Å². The van der Waals surface area contributed by atoms with Crippen LogP contribution < -0.4 is 5.32 Å². The smallest absolute Gasteiger partial charge is 0.225 e. The minimum Gasteiger partial charge on any atom is -0.342 e. The number of rotatable bonds is 2. The van der Waals surface area contributed by atoms with Gasteiger partial charge in [0.05, 0.1) is 0 Å². The van der Waals surface area contributed by atoms with Crippen molar-refractivity contribution >= 4 is 18.3 Å². The normalized spacial score (nSPS) is 35.7. The lowest BCUT2D eigenvalue weighted by atomic mass is 9.67. The molecule has 0 aromatic carbocycles. The average molecular weight is 329 g/mol. The van der Waals surface area contributed by atoms with Crippen LogP contribution in [0.3, 0.4) is 0 Å². The van der Waals surface area contributed by atoms with E-state index in [1.54, 1.807) is 0 Å². The molecule has 2 saturated carbocycles. The molecule has 1 saturated heterocycles. The largest absolute Gasteiger partial charge is 0.342 e. The Kier molecular flexibility index (Phi) is 7.01. The van der Waals surface area contributed by atoms with Crippen LogP contribution in [-0.4, -0.2) is 37.0 Å². The molecule has 4 heteroatoms. The van der Waals surface area contributed by atoms with Crippen LogP contribution in [0.4, 0.5) is 0 Å². The van der Waals surface area contributed by atoms with E-state index in [1.807, 2.05) is 0 Å². The van der Waals surface area contributed by atoms with Gasteiger partial charge >= 0.3 is 0 Å². The van der Waals surface area contributed by atoms with Crippen LogP contribution in [0.5, 0.6) is 0 Å². The average Bonchev–Trinajstić information content (AvgIpc) is 2.82. The van der Waals surface area contributed by atoms with Gasteiger partial charge in [0.2, 0.25) is 5.91 Å². The third-order valence-corrected chi connectivity index (χ3v) is 6.33. The van der Waals surface area contributed by atoms with E-state index < -0.39 is 0 Å². The van der Waals surface area contributed by atoms with Crippen LogP contribution in [-0.2, 0) is 4.79 Å². The Morgan fingerprint density at radius 2 is 1.68 bits per heavy atom. The Bertz CT molecular complexity index is 355. The molecule has 22 heavy (non-hydrogen) atoms. The van der Waals surface area contributed by atoms with Gasteiger partial charge in [-0.2, -0.15) is 0 Å². The number of carbonyl (C=O) groups excluding carboxylic acids is 1. The van der Waals surface area contributed by atoms with Crippen LogP contribution in [0.1, 0.15) is 64.2 Å². The highest BCUT2D eigenvalue weighted by Crippen LogP contribution is 2.43. The summed E-state index contributed by atoms with van der Waals surface area (Å²) in [5, 5.41) is 3.45. The second-order valence-corrected chi connectivity index (χ2v) is 7.60. The van der Waals surface area contributed by atoms with Crippen LogP contribution in [0.15, 0.2) is 0 Å². The predicted molar refractivity (Wildman–Crippen MR) is 93.3 cm³/mol. The van der Waals surface area contributed by atoms with Crippen LogP contribution in [0, 0.1) is 17.8 Å². The maximum atomic E-state index is 12.9. The summed E-state index contributed by atoms with van der Waals surface area (Å²) >= 11 is 0. The minimum atomic E-state index is 0. The van der Waals surface area contributed by atoms with Gasteiger partial charge < -0.3 is 10.2 Å². The number of halogens is 1. The molecule has 4 atom stereocenters. The molecule has 128 valence electrons. The molecule has 1 aliphatic heterocycles. The molecular formula is C18H33ClN2O. The minimum absolute atomic E-state index is 0. The molecule has 0 aromatic heterocycles. The number of nitrogens with one attached hydrogen (secondary N) is 1. The zero-order valence-corrected chi connectivity index (χ0v) is 14.9. The van der Waals surface area contributed by atoms with Crippen molar-refractivity contribution in [2.75, 3.05) is 20.1 Å². The SMILES string of the molecule is CN(C(=O)C1CCC2CCCCC2C1)C1CCCNCC1.Cl. The quantitative estimate of drug-likeness (QED) is 0.839. The number of nitrogens with zero attached hydrogens (tertiary/aromatic N) is 1. The van der Waals surface area contributed by atoms with E-state index in [2.05, 4.69) is 17.3 Å². The zero-order valence-electron chi connectivity index (χ0n) is 14.1. The second-order valence-electron chi connectivity index (χ2n) is 7.60. The van der Waals surface area contributed by atoms with Gasteiger partial charge in [0.15, 0.2) is 0 Å². The monoisotopic (exact) mass is 328 g/mol. The van der Waals surface area contributed by atoms with Gasteiger partial charge in [-0.25, -0.2) is 0 Å². The van der Waals surface area contributed by atoms with Crippen molar-refractivity contribution < 1.29 is 4.79 Å². The van der Waals surface area contributed by atoms with E-state index in [0.717, 1.165) is 37.8 Å². The van der Waals surface area contributed by atoms with E-state index in [0.29, 0.717) is 17.9 Å². The molecule has 1 N–H and O–H groups in total. The first kappa shape index (κ1) is 18.1. The first-order chi connectivity index (χ1) is 10.3. The van der Waals surface area contributed by atoms with E-state index in [4.69, 9.17) is 0 Å². The molecule has 3 rings (SSSR count). The summed E-state index contributed by atoms with van der Waals surface area (Å²) in [4.78, 5) is 15.0. The molecule has 3 nitrogen and oxygen atoms in total. The fourth-order valence-electron chi connectivity index (χ4n) is 4.95. The highest BCUT2D eigenvalue weighted by Gasteiger charge is 2.37. The zero-order chi connectivity index (χ0) is 14.7. The van der Waals surface area contributed by atoms with Crippen molar-refractivity contribution in [2.45, 2.75) is 70.3 Å². The molecule has 0 spiro atoms. The Labute approximate surface area is 142 Å². The number of amides is 1. The van der Waals surface area contributed by atoms with E-state index in [1.165, 1.54) is 51.4 Å². The highest BCUT2D eigenvalue weighted by atomic mass is 35.5. The Morgan fingerprint density at radius 1 is 0.909 bits per heavy atom. The summed E-state index contributed by atoms with van der Waals surface area (Å²) in [6, 6.07) is 0.469. The molecule has 0 radical (unpaired) electrons. The number of fused-ring (bicyclic) bond motifs is 1. The van der Waals surface area contributed by atoms with Gasteiger partial charge in [-0.15, -0.1) is 12.4 Å². The molecule has 1 amide bonds. The lowest BCUT2D eigenvalue weighted by Crippen LogP contribution is -2.43. The predicted octanol–water partition coefficient (Wildman–Crippen LogP) is 3.62. The summed E-state index contributed by atoms with van der Waals surface area (Å²) in [5.74, 6) is 2.57. The van der Waals surface area contributed by atoms with Crippen molar-refractivity contribution in [3.63, 3.8) is 0 Å². The van der Waals surface area contributed by atoms with E-state index >= 15 is 0 Å². The summed E-state index contributed by atoms with van der Waals surface area (Å²) in [5.41, 5.74) is 0. The highest BCUT2D eigenvalue weighted by molar-refractivity contribution is 5.85. The number of hydrogen-bond donors (Lipinski definition) is 1. The molecule has 3 fully saturated rings. The van der Waals surface area contributed by atoms with E-state index in [9.17, 15) is 4.79 Å². The van der Waals surface area contributed by atoms with Gasteiger partial charge in [-0.05, 0) is 63.5 Å². The summed E-state index contributed by atoms with van der Waals surface area (Å²) in [6.45, 7) is 2.18. The Balaban J connectivity index is 0.00000176. The van der Waals surface area contributed by atoms with Crippen molar-refractivity contribution in [1.82, 2.24) is 10.2 Å². The molecule has 4 unspecified atom stereocenters. The number of hydrogen-bond acceptors (Lipinski definition) is 2. The van der Waals surface area contributed by atoms with Crippen molar-refractivity contribution in [1.29, 1.82) is 0 Å². The summed E-state index contributed by atoms with van der Waals surface area (Å²) in [6.07, 6.45) is 12.8. The fourth-order valence-corrected chi connectivity index (χ4v) is 4.95. The lowest BCUT2D eigenvalue weighted by molar-refractivity contribution is -0.139. The topological polar surface area (TPSA) is 32.3 Å². The Morgan fingerprint density at radius 3 is 2.50 bits per heavy atom. The van der Waals surface area contributed by atoms with Gasteiger partial charge in [0.1, 0.15) is 0 Å². The van der Waals surface area contributed by atoms with Gasteiger partial charge in [-0.1, -0.05) is 25.7 Å². The lowest BCUT2D eigenvalue weighted by Gasteiger charge is -2.40. The first-order valence-corrected chi connectivity index (χ1v) is 9.23. The van der Waals surface area contributed by atoms with Crippen molar-refractivity contribution in [2.24, 2.45) is 17.8 Å². The third-order valence-electron chi connectivity index (χ3n) is 6.33. The third kappa shape index (κ3) is 4.17. The fraction of sp³-hybridized carbons (Fsp3) is 0.944. The van der Waals surface area contributed by atoms with Crippen molar-refractivity contribution in [3.05, 3.63) is 0 Å². The van der Waals surface area contributed by atoms with Crippen LogP contribution >= 0.6 is 12.4 Å². The number of carbonyl (C=O) groups is 1. The molecule has 2 aliphatic carbocycles. The standard InChI is InChI=1S/C18H32N2O.ClH/c1-20(17-7-4-11-19-12-10-17)18(21)16-9-8-14-5-2-3-6-15(14)13-16;/h14-17,19H,2-13H2,1H3;1H. The molecule has 3 aliphatic rings. The van der Waals surface area contributed by atoms with E-state index in [-0.39, 0.29) is 12.4 Å². The van der Waals surface area contributed by atoms with Gasteiger partial charge in [-0.3, -0.25) is 4.79 Å².